The molecule has 0 aromatic heterocycles. The van der Waals surface area contributed by atoms with Gasteiger partial charge in [-0.15, -0.1) is 0 Å². The molecule has 24 heavy (non-hydrogen) atoms. The third-order valence-electron chi connectivity index (χ3n) is 7.15. The fourth-order valence-corrected chi connectivity index (χ4v) is 5.52. The summed E-state index contributed by atoms with van der Waals surface area (Å²) in [5, 5.41) is 9.82. The van der Waals surface area contributed by atoms with E-state index in [1.54, 1.807) is 0 Å². The van der Waals surface area contributed by atoms with Crippen molar-refractivity contribution in [2.45, 2.75) is 117 Å². The molecule has 0 heterocycles. The quantitative estimate of drug-likeness (QED) is 0.398. The normalized spacial score (nSPS) is 34.0. The summed E-state index contributed by atoms with van der Waals surface area (Å²) in [6.07, 6.45) is 21.8. The minimum atomic E-state index is 0.0376. The Hall–Kier alpha value is -0.510. The van der Waals surface area contributed by atoms with Gasteiger partial charge in [0.1, 0.15) is 0 Å². The molecule has 0 N–H and O–H groups in total. The summed E-state index contributed by atoms with van der Waals surface area (Å²) in [7, 11) is 0. The van der Waals surface area contributed by atoms with Gasteiger partial charge >= 0.3 is 0 Å². The third-order valence-corrected chi connectivity index (χ3v) is 7.15. The van der Waals surface area contributed by atoms with Crippen molar-refractivity contribution < 1.29 is 0 Å². The number of unbranched alkanes of at least 4 members (excludes halogenated alkanes) is 4. The van der Waals surface area contributed by atoms with E-state index in [-0.39, 0.29) is 5.41 Å². The maximum atomic E-state index is 9.82. The summed E-state index contributed by atoms with van der Waals surface area (Å²) < 4.78 is 0. The van der Waals surface area contributed by atoms with Crippen molar-refractivity contribution in [2.75, 3.05) is 0 Å². The van der Waals surface area contributed by atoms with Crippen LogP contribution in [-0.4, -0.2) is 0 Å². The van der Waals surface area contributed by atoms with Crippen LogP contribution in [-0.2, 0) is 0 Å². The average Bonchev–Trinajstić information content (AvgIpc) is 2.64. The summed E-state index contributed by atoms with van der Waals surface area (Å²) in [6, 6.07) is 2.77. The average molecular weight is 332 g/mol. The highest BCUT2D eigenvalue weighted by molar-refractivity contribution is 5.03. The molecule has 2 fully saturated rings. The molecule has 0 amide bonds. The fraction of sp³-hybridized carbons (Fsp3) is 0.957. The first-order valence-corrected chi connectivity index (χ1v) is 11.1. The second-order valence-corrected chi connectivity index (χ2v) is 8.98. The van der Waals surface area contributed by atoms with Gasteiger partial charge < -0.3 is 0 Å². The van der Waals surface area contributed by atoms with Crippen molar-refractivity contribution in [1.82, 2.24) is 0 Å². The van der Waals surface area contributed by atoms with Crippen LogP contribution in [0.4, 0.5) is 0 Å². The maximum Gasteiger partial charge on any atom is 0.0689 e. The molecule has 2 aliphatic rings. The largest absolute Gasteiger partial charge is 0.198 e. The van der Waals surface area contributed by atoms with E-state index >= 15 is 0 Å². The van der Waals surface area contributed by atoms with Gasteiger partial charge in [0, 0.05) is 0 Å². The van der Waals surface area contributed by atoms with Crippen molar-refractivity contribution in [2.24, 2.45) is 23.2 Å². The minimum Gasteiger partial charge on any atom is -0.198 e. The van der Waals surface area contributed by atoms with Crippen LogP contribution >= 0.6 is 0 Å². The van der Waals surface area contributed by atoms with Crippen molar-refractivity contribution in [3.63, 3.8) is 0 Å². The van der Waals surface area contributed by atoms with E-state index in [1.807, 2.05) is 0 Å². The van der Waals surface area contributed by atoms with Crippen LogP contribution in [0.1, 0.15) is 117 Å². The Labute approximate surface area is 151 Å². The van der Waals surface area contributed by atoms with E-state index in [9.17, 15) is 5.26 Å². The first kappa shape index (κ1) is 19.8. The lowest BCUT2D eigenvalue weighted by molar-refractivity contribution is 0.102. The molecule has 0 unspecified atom stereocenters. The van der Waals surface area contributed by atoms with E-state index in [0.29, 0.717) is 0 Å². The molecule has 0 aromatic rings. The lowest BCUT2D eigenvalue weighted by atomic mass is 9.62. The molecule has 1 nitrogen and oxygen atoms in total. The molecular formula is C23H41N. The van der Waals surface area contributed by atoms with Crippen LogP contribution in [0.3, 0.4) is 0 Å². The van der Waals surface area contributed by atoms with Crippen LogP contribution in [0, 0.1) is 34.5 Å². The van der Waals surface area contributed by atoms with Crippen molar-refractivity contribution >= 4 is 0 Å². The summed E-state index contributed by atoms with van der Waals surface area (Å²) in [5.74, 6) is 2.81. The second kappa shape index (κ2) is 10.5. The predicted molar refractivity (Wildman–Crippen MR) is 104 cm³/mol. The van der Waals surface area contributed by atoms with E-state index in [4.69, 9.17) is 0 Å². The number of rotatable bonds is 9. The van der Waals surface area contributed by atoms with Crippen LogP contribution in [0.15, 0.2) is 0 Å². The summed E-state index contributed by atoms with van der Waals surface area (Å²) in [6.45, 7) is 4.56. The number of nitrogens with zero attached hydrogens (tertiary/aromatic N) is 1. The Morgan fingerprint density at radius 1 is 0.875 bits per heavy atom. The van der Waals surface area contributed by atoms with Gasteiger partial charge in [-0.05, 0) is 49.9 Å². The van der Waals surface area contributed by atoms with Gasteiger partial charge in [-0.25, -0.2) is 0 Å². The molecule has 0 bridgehead atoms. The highest BCUT2D eigenvalue weighted by atomic mass is 14.5. The number of hydrogen-bond donors (Lipinski definition) is 0. The Kier molecular flexibility index (Phi) is 8.65. The first-order valence-electron chi connectivity index (χ1n) is 11.1. The first-order chi connectivity index (χ1) is 11.7. The standard InChI is InChI=1S/C23H41N/c1-3-5-7-8-10-20-12-14-21(15-13-20)22-11-9-17-23(18-22,19-24)16-6-4-2/h20-22H,3-18H2,1-2H3/t20?,21?,22-,23+/m1/s1. The fourth-order valence-electron chi connectivity index (χ4n) is 5.52. The SMILES string of the molecule is CCCCCCC1CCC([C@@H]2CCC[C@@](C#N)(CCCC)C2)CC1. The Bertz CT molecular complexity index is 374. The molecule has 2 aliphatic carbocycles. The highest BCUT2D eigenvalue weighted by Gasteiger charge is 2.39. The molecule has 0 aromatic carbocycles. The zero-order valence-electron chi connectivity index (χ0n) is 16.5. The van der Waals surface area contributed by atoms with E-state index < -0.39 is 0 Å². The zero-order chi connectivity index (χ0) is 17.3. The molecule has 0 spiro atoms. The highest BCUT2D eigenvalue weighted by Crippen LogP contribution is 2.48. The molecule has 138 valence electrons. The maximum absolute atomic E-state index is 9.82. The van der Waals surface area contributed by atoms with Gasteiger partial charge in [0.2, 0.25) is 0 Å². The van der Waals surface area contributed by atoms with Gasteiger partial charge in [0.05, 0.1) is 11.5 Å². The molecule has 2 saturated carbocycles. The van der Waals surface area contributed by atoms with Crippen LogP contribution < -0.4 is 0 Å². The van der Waals surface area contributed by atoms with Gasteiger partial charge in [-0.3, -0.25) is 0 Å². The lowest BCUT2D eigenvalue weighted by Gasteiger charge is -2.42. The Balaban J connectivity index is 1.76. The third kappa shape index (κ3) is 5.79. The summed E-state index contributed by atoms with van der Waals surface area (Å²) in [5.41, 5.74) is 0.0376. The number of hydrogen-bond acceptors (Lipinski definition) is 1. The van der Waals surface area contributed by atoms with Crippen LogP contribution in [0.2, 0.25) is 0 Å². The van der Waals surface area contributed by atoms with Crippen LogP contribution in [0.5, 0.6) is 0 Å². The molecule has 0 aliphatic heterocycles. The zero-order valence-corrected chi connectivity index (χ0v) is 16.5. The molecule has 0 radical (unpaired) electrons. The monoisotopic (exact) mass is 331 g/mol. The topological polar surface area (TPSA) is 23.8 Å². The van der Waals surface area contributed by atoms with Gasteiger partial charge in [-0.2, -0.15) is 5.26 Å². The second-order valence-electron chi connectivity index (χ2n) is 8.98. The summed E-state index contributed by atoms with van der Waals surface area (Å²) in [4.78, 5) is 0. The molecule has 1 heteroatoms. The van der Waals surface area contributed by atoms with E-state index in [2.05, 4.69) is 19.9 Å². The van der Waals surface area contributed by atoms with Crippen molar-refractivity contribution in [3.05, 3.63) is 0 Å². The molecular weight excluding hydrogens is 290 g/mol. The van der Waals surface area contributed by atoms with Gasteiger partial charge in [0.15, 0.2) is 0 Å². The minimum absolute atomic E-state index is 0.0376. The Morgan fingerprint density at radius 3 is 2.29 bits per heavy atom. The molecule has 2 atom stereocenters. The predicted octanol–water partition coefficient (Wildman–Crippen LogP) is 7.65. The summed E-state index contributed by atoms with van der Waals surface area (Å²) >= 11 is 0. The number of nitriles is 1. The molecule has 2 rings (SSSR count). The van der Waals surface area contributed by atoms with E-state index in [1.165, 1.54) is 96.3 Å². The van der Waals surface area contributed by atoms with Crippen molar-refractivity contribution in [3.8, 4) is 6.07 Å². The van der Waals surface area contributed by atoms with E-state index in [0.717, 1.165) is 24.2 Å². The Morgan fingerprint density at radius 2 is 1.62 bits per heavy atom. The van der Waals surface area contributed by atoms with Crippen LogP contribution in [0.25, 0.3) is 0 Å². The smallest absolute Gasteiger partial charge is 0.0689 e. The molecule has 0 saturated heterocycles. The van der Waals surface area contributed by atoms with Crippen molar-refractivity contribution in [1.29, 1.82) is 5.26 Å². The lowest BCUT2D eigenvalue weighted by Crippen LogP contribution is -2.32. The van der Waals surface area contributed by atoms with Gasteiger partial charge in [0.25, 0.3) is 0 Å². The van der Waals surface area contributed by atoms with Gasteiger partial charge in [-0.1, -0.05) is 84.5 Å².